The summed E-state index contributed by atoms with van der Waals surface area (Å²) in [6.07, 6.45) is -2.98. The Bertz CT molecular complexity index is 2670. The van der Waals surface area contributed by atoms with Crippen LogP contribution in [0.5, 0.6) is 5.88 Å². The Kier molecular flexibility index (Phi) is 22.2. The molecule has 0 radical (unpaired) electrons. The normalized spacial score (nSPS) is 14.9. The molecule has 25 heteroatoms. The van der Waals surface area contributed by atoms with Crippen LogP contribution in [-0.4, -0.2) is 180 Å². The van der Waals surface area contributed by atoms with E-state index in [1.165, 1.54) is 18.7 Å². The summed E-state index contributed by atoms with van der Waals surface area (Å²) in [4.78, 5) is 124. The molecule has 3 aromatic rings. The van der Waals surface area contributed by atoms with Gasteiger partial charge >= 0.3 is 29.8 Å². The fraction of sp³-hybridized carbons (Fsp3) is 0.558. The maximum atomic E-state index is 13.5. The van der Waals surface area contributed by atoms with Crippen LogP contribution in [0.25, 0.3) is 11.6 Å². The number of amides is 3. The summed E-state index contributed by atoms with van der Waals surface area (Å²) in [5.41, 5.74) is 3.53. The number of aromatic nitrogens is 3. The Labute approximate surface area is 451 Å². The number of morpholine rings is 1. The van der Waals surface area contributed by atoms with E-state index in [1.807, 2.05) is 11.8 Å². The summed E-state index contributed by atoms with van der Waals surface area (Å²) in [5, 5.41) is 5.82. The van der Waals surface area contributed by atoms with E-state index in [-0.39, 0.29) is 55.9 Å². The van der Waals surface area contributed by atoms with Crippen molar-refractivity contribution in [3.63, 3.8) is 0 Å². The van der Waals surface area contributed by atoms with E-state index in [9.17, 15) is 43.2 Å². The monoisotopic (exact) mass is 1090 g/mol. The first kappa shape index (κ1) is 60.6. The average Bonchev–Trinajstić information content (AvgIpc) is 4.06. The Morgan fingerprint density at radius 2 is 1.58 bits per heavy atom. The first-order chi connectivity index (χ1) is 36.5. The molecule has 77 heavy (non-hydrogen) atoms. The van der Waals surface area contributed by atoms with Crippen molar-refractivity contribution in [3.05, 3.63) is 51.8 Å². The molecule has 3 atom stereocenters. The molecule has 3 N–H and O–H groups in total. The number of aromatic amines is 1. The molecule has 5 rings (SSSR count). The summed E-state index contributed by atoms with van der Waals surface area (Å²) in [7, 11) is 0. The van der Waals surface area contributed by atoms with Crippen LogP contribution in [-0.2, 0) is 73.2 Å². The number of carbonyl (C=O) groups is 9. The van der Waals surface area contributed by atoms with Gasteiger partial charge in [-0.25, -0.2) is 14.4 Å². The second-order valence-corrected chi connectivity index (χ2v) is 19.8. The highest BCUT2D eigenvalue weighted by Crippen LogP contribution is 2.35. The predicted octanol–water partition coefficient (Wildman–Crippen LogP) is 3.36. The summed E-state index contributed by atoms with van der Waals surface area (Å²) < 4.78 is 46.0. The van der Waals surface area contributed by atoms with Gasteiger partial charge in [0.25, 0.3) is 23.6 Å². The third kappa shape index (κ3) is 17.6. The summed E-state index contributed by atoms with van der Waals surface area (Å²) in [5.74, 6) is -5.68. The molecule has 0 aliphatic carbocycles. The Balaban J connectivity index is 1.14. The lowest BCUT2D eigenvalue weighted by atomic mass is 9.98. The molecule has 1 saturated heterocycles. The Morgan fingerprint density at radius 1 is 0.909 bits per heavy atom. The number of fused-ring (bicyclic) bond motifs is 1. The number of aryl methyl sites for hydroxylation is 1. The number of nitrogens with zero attached hydrogens (tertiary/aromatic N) is 5. The zero-order valence-corrected chi connectivity index (χ0v) is 46.1. The van der Waals surface area contributed by atoms with Crippen molar-refractivity contribution in [2.24, 2.45) is 0 Å². The molecule has 1 fully saturated rings. The van der Waals surface area contributed by atoms with Crippen LogP contribution in [0.2, 0.25) is 0 Å². The van der Waals surface area contributed by atoms with Gasteiger partial charge in [0, 0.05) is 74.1 Å². The zero-order valence-electron chi connectivity index (χ0n) is 45.3. The Hall–Kier alpha value is -7.25. The number of benzene rings is 1. The number of Topliss-reactive ketones (excluding diaryl/α,β-unsaturated/α-hetero) is 1. The molecule has 24 nitrogen and oxygen atoms in total. The number of hydrogen-bond donors (Lipinski definition) is 3. The van der Waals surface area contributed by atoms with Crippen molar-refractivity contribution in [1.82, 2.24) is 28.8 Å². The SMILES string of the molecule is CCN(CC)CCNC(=O)c1c(C)[nH]c(/C=C2\C(=O)Nc3ccc(CC(=O)CCC(=O)OC(C)C(=O)OCC(=O)O[C@H](COc4nsnc4N4CCOCC4)CN(C(=O)COC(=O)C(C)OC(C)=O)C(C)(C)C)cc32)c1C. The van der Waals surface area contributed by atoms with E-state index in [1.54, 1.807) is 52.0 Å². The van der Waals surface area contributed by atoms with Gasteiger partial charge in [-0.2, -0.15) is 4.37 Å². The molecule has 420 valence electrons. The lowest BCUT2D eigenvalue weighted by Gasteiger charge is -2.37. The number of nitrogens with one attached hydrogen (secondary N) is 3. The van der Waals surface area contributed by atoms with E-state index < -0.39 is 72.8 Å². The van der Waals surface area contributed by atoms with Gasteiger partial charge in [-0.05, 0) is 90.9 Å². The maximum absolute atomic E-state index is 13.5. The van der Waals surface area contributed by atoms with Gasteiger partial charge in [-0.3, -0.25) is 28.8 Å². The van der Waals surface area contributed by atoms with Crippen molar-refractivity contribution >= 4 is 88.2 Å². The molecule has 4 heterocycles. The zero-order chi connectivity index (χ0) is 56.6. The maximum Gasteiger partial charge on any atom is 0.347 e. The number of rotatable bonds is 27. The standard InChI is InChI=1S/C52H70N8O16S/c1-11-58(12-2)18-17-53-48(67)45-30(3)41(54-31(45)4)25-39-38-24-35(13-15-40(38)55-47(39)66)23-36(62)14-16-43(64)75-33(6)51(69)73-29-44(65)76-37(27-71-49-46(56-77-57-49)59-19-21-70-22-20-59)26-60(52(8,9)10)42(63)28-72-50(68)32(5)74-34(7)61/h13,15,24-25,32-33,37,54H,11-12,14,16-23,26-29H2,1-10H3,(H,53,67)(H,55,66)/b39-25-/t32?,33?,37-/m0/s1. The van der Waals surface area contributed by atoms with Crippen molar-refractivity contribution in [3.8, 4) is 5.88 Å². The van der Waals surface area contributed by atoms with E-state index in [0.29, 0.717) is 83.6 Å². The van der Waals surface area contributed by atoms with Gasteiger partial charge in [0.1, 0.15) is 12.4 Å². The van der Waals surface area contributed by atoms with Crippen LogP contribution in [0.15, 0.2) is 18.2 Å². The molecule has 2 aliphatic heterocycles. The molecule has 2 unspecified atom stereocenters. The van der Waals surface area contributed by atoms with Crippen LogP contribution < -0.4 is 20.3 Å². The third-order valence-electron chi connectivity index (χ3n) is 12.4. The van der Waals surface area contributed by atoms with Gasteiger partial charge in [-0.15, -0.1) is 4.37 Å². The van der Waals surface area contributed by atoms with Gasteiger partial charge in [0.2, 0.25) is 5.82 Å². The number of esters is 5. The molecule has 0 spiro atoms. The smallest absolute Gasteiger partial charge is 0.347 e. The first-order valence-corrected chi connectivity index (χ1v) is 26.1. The van der Waals surface area contributed by atoms with Crippen molar-refractivity contribution in [1.29, 1.82) is 0 Å². The molecule has 1 aromatic carbocycles. The second kappa shape index (κ2) is 28.2. The third-order valence-corrected chi connectivity index (χ3v) is 12.9. The van der Waals surface area contributed by atoms with Crippen LogP contribution in [0, 0.1) is 13.8 Å². The van der Waals surface area contributed by atoms with Gasteiger partial charge in [0.05, 0.1) is 49.0 Å². The minimum atomic E-state index is -1.48. The summed E-state index contributed by atoms with van der Waals surface area (Å²) >= 11 is 0.901. The lowest BCUT2D eigenvalue weighted by molar-refractivity contribution is -0.174. The highest BCUT2D eigenvalue weighted by molar-refractivity contribution is 6.99. The van der Waals surface area contributed by atoms with Crippen molar-refractivity contribution in [2.45, 2.75) is 112 Å². The number of carbonyl (C=O) groups excluding carboxylic acids is 9. The minimum Gasteiger partial charge on any atom is -0.470 e. The van der Waals surface area contributed by atoms with Crippen LogP contribution >= 0.6 is 11.7 Å². The van der Waals surface area contributed by atoms with E-state index in [0.717, 1.165) is 38.3 Å². The second-order valence-electron chi connectivity index (χ2n) is 19.2. The fourth-order valence-electron chi connectivity index (χ4n) is 8.29. The molecule has 2 aliphatic rings. The molecular weight excluding hydrogens is 1020 g/mol. The molecule has 0 saturated carbocycles. The van der Waals surface area contributed by atoms with Crippen molar-refractivity contribution < 1.29 is 76.3 Å². The topological polar surface area (TPSA) is 294 Å². The quantitative estimate of drug-likeness (QED) is 0.0560. The number of hydrogen-bond acceptors (Lipinski definition) is 21. The number of ether oxygens (including phenoxy) is 7. The van der Waals surface area contributed by atoms with Gasteiger partial charge in [-0.1, -0.05) is 19.9 Å². The number of likely N-dealkylation sites (N-methyl/N-ethyl adjacent to an activating group) is 1. The van der Waals surface area contributed by atoms with Crippen LogP contribution in [0.4, 0.5) is 11.5 Å². The van der Waals surface area contributed by atoms with Crippen LogP contribution in [0.3, 0.4) is 0 Å². The number of ketones is 1. The minimum absolute atomic E-state index is 0.0754. The molecule has 3 amide bonds. The average molecular weight is 1100 g/mol. The predicted molar refractivity (Wildman–Crippen MR) is 280 cm³/mol. The highest BCUT2D eigenvalue weighted by Gasteiger charge is 2.34. The lowest BCUT2D eigenvalue weighted by Crippen LogP contribution is -2.52. The molecule has 2 aromatic heterocycles. The molecule has 0 bridgehead atoms. The largest absolute Gasteiger partial charge is 0.470 e. The van der Waals surface area contributed by atoms with Gasteiger partial charge in [0.15, 0.2) is 31.5 Å². The van der Waals surface area contributed by atoms with E-state index in [4.69, 9.17) is 33.2 Å². The van der Waals surface area contributed by atoms with E-state index >= 15 is 0 Å². The number of H-pyrrole nitrogens is 1. The summed E-state index contributed by atoms with van der Waals surface area (Å²) in [6.45, 7) is 19.1. The highest BCUT2D eigenvalue weighted by atomic mass is 32.1. The number of anilines is 2. The van der Waals surface area contributed by atoms with Crippen LogP contribution in [0.1, 0.15) is 107 Å². The Morgan fingerprint density at radius 3 is 2.25 bits per heavy atom. The molecular formula is C52H70N8O16S. The van der Waals surface area contributed by atoms with E-state index in [2.05, 4.69) is 43.1 Å². The summed E-state index contributed by atoms with van der Waals surface area (Å²) in [6, 6.07) is 5.10. The van der Waals surface area contributed by atoms with Gasteiger partial charge < -0.3 is 63.5 Å². The fourth-order valence-corrected chi connectivity index (χ4v) is 8.81. The van der Waals surface area contributed by atoms with Crippen molar-refractivity contribution in [2.75, 3.05) is 89.1 Å². The first-order valence-electron chi connectivity index (χ1n) is 25.3.